The van der Waals surface area contributed by atoms with Crippen molar-refractivity contribution >= 4 is 5.90 Å². The zero-order chi connectivity index (χ0) is 18.6. The third-order valence-corrected chi connectivity index (χ3v) is 5.00. The Bertz CT molecular complexity index is 972. The predicted molar refractivity (Wildman–Crippen MR) is 106 cm³/mol. The normalized spacial score (nSPS) is 21.6. The van der Waals surface area contributed by atoms with E-state index < -0.39 is 0 Å². The maximum Gasteiger partial charge on any atom is 0.217 e. The van der Waals surface area contributed by atoms with Crippen LogP contribution in [-0.2, 0) is 4.74 Å². The molecule has 3 nitrogen and oxygen atoms in total. The summed E-state index contributed by atoms with van der Waals surface area (Å²) in [7, 11) is 0. The molecule has 0 saturated carbocycles. The van der Waals surface area contributed by atoms with Gasteiger partial charge in [-0.1, -0.05) is 67.6 Å². The van der Waals surface area contributed by atoms with E-state index in [0.29, 0.717) is 11.5 Å². The fourth-order valence-corrected chi connectivity index (χ4v) is 3.54. The van der Waals surface area contributed by atoms with Crippen molar-refractivity contribution in [2.75, 3.05) is 0 Å². The van der Waals surface area contributed by atoms with E-state index >= 15 is 0 Å². The van der Waals surface area contributed by atoms with Crippen molar-refractivity contribution < 1.29 is 4.74 Å². The van der Waals surface area contributed by atoms with Crippen LogP contribution in [0.3, 0.4) is 0 Å². The van der Waals surface area contributed by atoms with Crippen molar-refractivity contribution in [1.82, 2.24) is 0 Å². The number of aliphatic imine (C=N–C) groups is 1. The Morgan fingerprint density at radius 3 is 2.07 bits per heavy atom. The molecule has 1 heterocycles. The average molecular weight is 352 g/mol. The van der Waals surface area contributed by atoms with Crippen LogP contribution < -0.4 is 0 Å². The molecule has 3 aromatic carbocycles. The summed E-state index contributed by atoms with van der Waals surface area (Å²) in [5, 5.41) is 9.07. The molecule has 132 valence electrons. The van der Waals surface area contributed by atoms with Gasteiger partial charge in [-0.05, 0) is 35.4 Å². The van der Waals surface area contributed by atoms with Crippen LogP contribution in [0, 0.1) is 17.2 Å². The van der Waals surface area contributed by atoms with Crippen LogP contribution in [0.4, 0.5) is 0 Å². The molecule has 0 aliphatic carbocycles. The van der Waals surface area contributed by atoms with E-state index in [1.165, 1.54) is 0 Å². The molecular weight excluding hydrogens is 332 g/mol. The fourth-order valence-electron chi connectivity index (χ4n) is 3.54. The van der Waals surface area contributed by atoms with E-state index in [1.54, 1.807) is 0 Å². The van der Waals surface area contributed by atoms with Crippen LogP contribution in [0.1, 0.15) is 41.3 Å². The molecule has 3 atom stereocenters. The summed E-state index contributed by atoms with van der Waals surface area (Å²) in [6.07, 6.45) is -0.0838. The number of hydrogen-bond acceptors (Lipinski definition) is 3. The number of rotatable bonds is 3. The molecule has 1 aliphatic rings. The third kappa shape index (κ3) is 3.47. The van der Waals surface area contributed by atoms with Crippen LogP contribution in [0.2, 0.25) is 0 Å². The van der Waals surface area contributed by atoms with Crippen molar-refractivity contribution in [2.24, 2.45) is 10.9 Å². The van der Waals surface area contributed by atoms with Gasteiger partial charge in [0.1, 0.15) is 6.10 Å². The third-order valence-electron chi connectivity index (χ3n) is 5.00. The first-order chi connectivity index (χ1) is 13.3. The van der Waals surface area contributed by atoms with Gasteiger partial charge >= 0.3 is 0 Å². The van der Waals surface area contributed by atoms with Crippen molar-refractivity contribution in [3.63, 3.8) is 0 Å². The van der Waals surface area contributed by atoms with Crippen molar-refractivity contribution in [2.45, 2.75) is 19.1 Å². The minimum Gasteiger partial charge on any atom is -0.469 e. The largest absolute Gasteiger partial charge is 0.469 e. The van der Waals surface area contributed by atoms with Crippen molar-refractivity contribution in [3.05, 3.63) is 107 Å². The molecule has 0 radical (unpaired) electrons. The Labute approximate surface area is 159 Å². The molecule has 3 heteroatoms. The first kappa shape index (κ1) is 17.1. The summed E-state index contributed by atoms with van der Waals surface area (Å²) in [5.74, 6) is 0.824. The molecule has 0 bridgehead atoms. The number of hydrogen-bond donors (Lipinski definition) is 0. The highest BCUT2D eigenvalue weighted by Gasteiger charge is 2.35. The summed E-state index contributed by atoms with van der Waals surface area (Å²) >= 11 is 0. The molecule has 0 fully saturated rings. The van der Waals surface area contributed by atoms with Gasteiger partial charge < -0.3 is 4.74 Å². The highest BCUT2D eigenvalue weighted by atomic mass is 16.5. The molecule has 0 aromatic heterocycles. The zero-order valence-electron chi connectivity index (χ0n) is 15.1. The topological polar surface area (TPSA) is 45.4 Å². The summed E-state index contributed by atoms with van der Waals surface area (Å²) in [6, 6.07) is 30.2. The van der Waals surface area contributed by atoms with Crippen LogP contribution in [0.5, 0.6) is 0 Å². The molecule has 1 aliphatic heterocycles. The van der Waals surface area contributed by atoms with E-state index in [4.69, 9.17) is 15.0 Å². The minimum absolute atomic E-state index is 0.0353. The highest BCUT2D eigenvalue weighted by Crippen LogP contribution is 2.42. The van der Waals surface area contributed by atoms with E-state index in [1.807, 2.05) is 72.8 Å². The average Bonchev–Trinajstić information content (AvgIpc) is 2.75. The lowest BCUT2D eigenvalue weighted by Crippen LogP contribution is -2.28. The maximum atomic E-state index is 9.07. The van der Waals surface area contributed by atoms with Gasteiger partial charge in [-0.2, -0.15) is 5.26 Å². The quantitative estimate of drug-likeness (QED) is 0.629. The SMILES string of the molecule is C[C@@H]1[C@H](c2ccc(C#N)cc2)N=C(c2ccccc2)O[C@H]1c1ccccc1. The standard InChI is InChI=1S/C24H20N2O/c1-17-22(19-14-12-18(16-25)13-15-19)26-24(21-10-6-3-7-11-21)27-23(17)20-8-4-2-5-9-20/h2-15,17,22-23H,1H3/t17-,22-,23-/m1/s1. The number of ether oxygens (including phenoxy) is 1. The summed E-state index contributed by atoms with van der Waals surface area (Å²) in [5.41, 5.74) is 3.88. The Balaban J connectivity index is 1.78. The predicted octanol–water partition coefficient (Wildman–Crippen LogP) is 5.45. The van der Waals surface area contributed by atoms with Crippen LogP contribution in [0.25, 0.3) is 0 Å². The molecular formula is C24H20N2O. The molecule has 0 amide bonds. The van der Waals surface area contributed by atoms with E-state index in [0.717, 1.165) is 16.7 Å². The smallest absolute Gasteiger partial charge is 0.217 e. The van der Waals surface area contributed by atoms with Gasteiger partial charge in [0.2, 0.25) is 5.90 Å². The van der Waals surface area contributed by atoms with Gasteiger partial charge in [0.05, 0.1) is 17.7 Å². The van der Waals surface area contributed by atoms with E-state index in [-0.39, 0.29) is 18.1 Å². The van der Waals surface area contributed by atoms with Gasteiger partial charge in [0.15, 0.2) is 0 Å². The summed E-state index contributed by atoms with van der Waals surface area (Å²) in [4.78, 5) is 4.95. The van der Waals surface area contributed by atoms with Crippen LogP contribution in [-0.4, -0.2) is 5.90 Å². The molecule has 3 aromatic rings. The van der Waals surface area contributed by atoms with Crippen molar-refractivity contribution in [1.29, 1.82) is 5.26 Å². The lowest BCUT2D eigenvalue weighted by atomic mass is 9.85. The Morgan fingerprint density at radius 1 is 0.815 bits per heavy atom. The second kappa shape index (κ2) is 7.47. The van der Waals surface area contributed by atoms with Crippen molar-refractivity contribution in [3.8, 4) is 6.07 Å². The highest BCUT2D eigenvalue weighted by molar-refractivity contribution is 5.94. The molecule has 0 saturated heterocycles. The van der Waals surface area contributed by atoms with Crippen LogP contribution in [0.15, 0.2) is 89.9 Å². The number of nitriles is 1. The zero-order valence-corrected chi connectivity index (χ0v) is 15.1. The Morgan fingerprint density at radius 2 is 1.44 bits per heavy atom. The number of benzene rings is 3. The van der Waals surface area contributed by atoms with Gasteiger partial charge in [-0.15, -0.1) is 0 Å². The summed E-state index contributed by atoms with van der Waals surface area (Å²) in [6.45, 7) is 2.17. The second-order valence-electron chi connectivity index (χ2n) is 6.79. The summed E-state index contributed by atoms with van der Waals surface area (Å²) < 4.78 is 6.37. The fraction of sp³-hybridized carbons (Fsp3) is 0.167. The second-order valence-corrected chi connectivity index (χ2v) is 6.79. The van der Waals surface area contributed by atoms with E-state index in [2.05, 4.69) is 25.1 Å². The van der Waals surface area contributed by atoms with Gasteiger partial charge in [0, 0.05) is 11.5 Å². The van der Waals surface area contributed by atoms with Gasteiger partial charge in [-0.25, -0.2) is 4.99 Å². The Kier molecular flexibility index (Phi) is 4.72. The first-order valence-electron chi connectivity index (χ1n) is 9.11. The molecule has 0 N–H and O–H groups in total. The molecule has 0 unspecified atom stereocenters. The monoisotopic (exact) mass is 352 g/mol. The lowest BCUT2D eigenvalue weighted by molar-refractivity contribution is 0.0955. The van der Waals surface area contributed by atoms with Gasteiger partial charge in [0.25, 0.3) is 0 Å². The molecule has 27 heavy (non-hydrogen) atoms. The first-order valence-corrected chi connectivity index (χ1v) is 9.11. The van der Waals surface area contributed by atoms with E-state index in [9.17, 15) is 0 Å². The lowest BCUT2D eigenvalue weighted by Gasteiger charge is -2.35. The van der Waals surface area contributed by atoms with Gasteiger partial charge in [-0.3, -0.25) is 0 Å². The Hall–Kier alpha value is -3.38. The molecule has 0 spiro atoms. The van der Waals surface area contributed by atoms with Crippen LogP contribution >= 0.6 is 0 Å². The maximum absolute atomic E-state index is 9.07. The number of nitrogens with zero attached hydrogens (tertiary/aromatic N) is 2. The molecule has 4 rings (SSSR count). The minimum atomic E-state index is -0.0838.